The second kappa shape index (κ2) is 3.97. The van der Waals surface area contributed by atoms with E-state index in [1.807, 2.05) is 0 Å². The normalized spacial score (nSPS) is 11.9. The predicted molar refractivity (Wildman–Crippen MR) is 65.7 cm³/mol. The second-order valence-corrected chi connectivity index (χ2v) is 4.77. The Morgan fingerprint density at radius 2 is 2.07 bits per heavy atom. The third kappa shape index (κ3) is 2.05. The van der Waals surface area contributed by atoms with Gasteiger partial charge in [-0.25, -0.2) is 0 Å². The number of benzene rings is 1. The van der Waals surface area contributed by atoms with Gasteiger partial charge in [0.2, 0.25) is 0 Å². The lowest BCUT2D eigenvalue weighted by atomic mass is 10.1. The van der Waals surface area contributed by atoms with Crippen molar-refractivity contribution >= 4 is 27.5 Å². The third-order valence-corrected chi connectivity index (χ3v) is 3.05. The molecule has 72 valence electrons. The van der Waals surface area contributed by atoms with Crippen molar-refractivity contribution in [3.63, 3.8) is 0 Å². The SMILES string of the molecule is CC(C)/C=C\c1ccc2sccc2c1. The number of hydrogen-bond acceptors (Lipinski definition) is 1. The van der Waals surface area contributed by atoms with Gasteiger partial charge in [-0.05, 0) is 40.4 Å². The van der Waals surface area contributed by atoms with Crippen molar-refractivity contribution in [1.82, 2.24) is 0 Å². The first-order valence-electron chi connectivity index (χ1n) is 4.91. The number of allylic oxidation sites excluding steroid dienone is 1. The van der Waals surface area contributed by atoms with Gasteiger partial charge in [-0.1, -0.05) is 32.1 Å². The van der Waals surface area contributed by atoms with Crippen molar-refractivity contribution in [2.75, 3.05) is 0 Å². The zero-order valence-electron chi connectivity index (χ0n) is 8.53. The Kier molecular flexibility index (Phi) is 2.69. The van der Waals surface area contributed by atoms with E-state index in [0.717, 1.165) is 0 Å². The Labute approximate surface area is 88.9 Å². The second-order valence-electron chi connectivity index (χ2n) is 3.82. The molecule has 1 heterocycles. The fourth-order valence-electron chi connectivity index (χ4n) is 1.39. The van der Waals surface area contributed by atoms with Crippen LogP contribution in [0, 0.1) is 5.92 Å². The van der Waals surface area contributed by atoms with Crippen LogP contribution in [-0.4, -0.2) is 0 Å². The summed E-state index contributed by atoms with van der Waals surface area (Å²) in [6.45, 7) is 4.39. The average Bonchev–Trinajstić information content (AvgIpc) is 2.61. The summed E-state index contributed by atoms with van der Waals surface area (Å²) in [4.78, 5) is 0. The van der Waals surface area contributed by atoms with E-state index >= 15 is 0 Å². The lowest BCUT2D eigenvalue weighted by Gasteiger charge is -1.96. The van der Waals surface area contributed by atoms with Gasteiger partial charge in [0.05, 0.1) is 0 Å². The molecule has 0 aliphatic heterocycles. The fraction of sp³-hybridized carbons (Fsp3) is 0.231. The molecule has 0 amide bonds. The van der Waals surface area contributed by atoms with E-state index in [-0.39, 0.29) is 0 Å². The Balaban J connectivity index is 2.34. The first kappa shape index (κ1) is 9.47. The van der Waals surface area contributed by atoms with E-state index in [2.05, 4.69) is 55.6 Å². The number of hydrogen-bond donors (Lipinski definition) is 0. The molecule has 0 nitrogen and oxygen atoms in total. The lowest BCUT2D eigenvalue weighted by molar-refractivity contribution is 0.836. The molecule has 0 unspecified atom stereocenters. The minimum Gasteiger partial charge on any atom is -0.144 e. The molecule has 0 bridgehead atoms. The van der Waals surface area contributed by atoms with Gasteiger partial charge >= 0.3 is 0 Å². The highest BCUT2D eigenvalue weighted by Gasteiger charge is 1.94. The van der Waals surface area contributed by atoms with Crippen LogP contribution in [0.15, 0.2) is 35.7 Å². The maximum Gasteiger partial charge on any atom is 0.0343 e. The summed E-state index contributed by atoms with van der Waals surface area (Å²) in [6, 6.07) is 8.79. The van der Waals surface area contributed by atoms with Crippen LogP contribution in [0.25, 0.3) is 16.2 Å². The zero-order valence-corrected chi connectivity index (χ0v) is 9.34. The van der Waals surface area contributed by atoms with Gasteiger partial charge in [-0.3, -0.25) is 0 Å². The summed E-state index contributed by atoms with van der Waals surface area (Å²) in [5.41, 5.74) is 1.30. The molecule has 2 aromatic rings. The summed E-state index contributed by atoms with van der Waals surface area (Å²) in [6.07, 6.45) is 4.43. The quantitative estimate of drug-likeness (QED) is 0.669. The van der Waals surface area contributed by atoms with E-state index in [9.17, 15) is 0 Å². The number of rotatable bonds is 2. The molecule has 0 atom stereocenters. The first-order chi connectivity index (χ1) is 6.75. The molecular formula is C13H14S. The summed E-state index contributed by atoms with van der Waals surface area (Å²) >= 11 is 1.80. The standard InChI is InChI=1S/C13H14S/c1-10(2)3-4-11-5-6-13-12(9-11)7-8-14-13/h3-10H,1-2H3/b4-3-. The maximum absolute atomic E-state index is 2.24. The van der Waals surface area contributed by atoms with Gasteiger partial charge in [0.15, 0.2) is 0 Å². The number of fused-ring (bicyclic) bond motifs is 1. The highest BCUT2D eigenvalue weighted by atomic mass is 32.1. The van der Waals surface area contributed by atoms with Gasteiger partial charge in [0, 0.05) is 4.70 Å². The van der Waals surface area contributed by atoms with Crippen LogP contribution in [0.1, 0.15) is 19.4 Å². The molecule has 0 aliphatic carbocycles. The number of thiophene rings is 1. The minimum absolute atomic E-state index is 0.619. The Hall–Kier alpha value is -1.08. The topological polar surface area (TPSA) is 0 Å². The highest BCUT2D eigenvalue weighted by molar-refractivity contribution is 7.17. The molecule has 1 aromatic heterocycles. The fourth-order valence-corrected chi connectivity index (χ4v) is 2.16. The van der Waals surface area contributed by atoms with Crippen molar-refractivity contribution in [2.24, 2.45) is 5.92 Å². The molecule has 1 aromatic carbocycles. The van der Waals surface area contributed by atoms with Crippen LogP contribution >= 0.6 is 11.3 Å². The van der Waals surface area contributed by atoms with Gasteiger partial charge in [0.1, 0.15) is 0 Å². The summed E-state index contributed by atoms with van der Waals surface area (Å²) in [7, 11) is 0. The van der Waals surface area contributed by atoms with Crippen molar-refractivity contribution in [3.05, 3.63) is 41.3 Å². The van der Waals surface area contributed by atoms with E-state index in [4.69, 9.17) is 0 Å². The zero-order chi connectivity index (χ0) is 9.97. The molecule has 0 saturated heterocycles. The largest absolute Gasteiger partial charge is 0.144 e. The van der Waals surface area contributed by atoms with Crippen LogP contribution in [0.3, 0.4) is 0 Å². The summed E-state index contributed by atoms with van der Waals surface area (Å²) < 4.78 is 1.37. The van der Waals surface area contributed by atoms with Gasteiger partial charge in [-0.2, -0.15) is 0 Å². The van der Waals surface area contributed by atoms with E-state index < -0.39 is 0 Å². The van der Waals surface area contributed by atoms with Crippen molar-refractivity contribution in [2.45, 2.75) is 13.8 Å². The van der Waals surface area contributed by atoms with Crippen LogP contribution in [0.5, 0.6) is 0 Å². The van der Waals surface area contributed by atoms with Crippen molar-refractivity contribution in [1.29, 1.82) is 0 Å². The van der Waals surface area contributed by atoms with Gasteiger partial charge in [-0.15, -0.1) is 11.3 Å². The van der Waals surface area contributed by atoms with Crippen molar-refractivity contribution < 1.29 is 0 Å². The first-order valence-corrected chi connectivity index (χ1v) is 5.79. The molecule has 0 spiro atoms. The van der Waals surface area contributed by atoms with E-state index in [1.165, 1.54) is 15.6 Å². The van der Waals surface area contributed by atoms with Crippen molar-refractivity contribution in [3.8, 4) is 0 Å². The average molecular weight is 202 g/mol. The minimum atomic E-state index is 0.619. The van der Waals surface area contributed by atoms with E-state index in [0.29, 0.717) is 5.92 Å². The summed E-state index contributed by atoms with van der Waals surface area (Å²) in [5.74, 6) is 0.619. The lowest BCUT2D eigenvalue weighted by Crippen LogP contribution is -1.77. The Bertz CT molecular complexity index is 449. The molecule has 0 N–H and O–H groups in total. The van der Waals surface area contributed by atoms with Gasteiger partial charge in [0.25, 0.3) is 0 Å². The molecule has 0 aliphatic rings. The molecule has 14 heavy (non-hydrogen) atoms. The van der Waals surface area contributed by atoms with Crippen LogP contribution < -0.4 is 0 Å². The third-order valence-electron chi connectivity index (χ3n) is 2.15. The smallest absolute Gasteiger partial charge is 0.0343 e. The van der Waals surface area contributed by atoms with Crippen LogP contribution in [0.4, 0.5) is 0 Å². The monoisotopic (exact) mass is 202 g/mol. The predicted octanol–water partition coefficient (Wildman–Crippen LogP) is 4.57. The van der Waals surface area contributed by atoms with Crippen LogP contribution in [0.2, 0.25) is 0 Å². The molecule has 0 radical (unpaired) electrons. The molecule has 1 heteroatoms. The Morgan fingerprint density at radius 1 is 1.21 bits per heavy atom. The van der Waals surface area contributed by atoms with E-state index in [1.54, 1.807) is 11.3 Å². The molecular weight excluding hydrogens is 188 g/mol. The summed E-state index contributed by atoms with van der Waals surface area (Å²) in [5, 5.41) is 3.49. The van der Waals surface area contributed by atoms with Gasteiger partial charge < -0.3 is 0 Å². The maximum atomic E-state index is 2.24. The Morgan fingerprint density at radius 3 is 2.86 bits per heavy atom. The highest BCUT2D eigenvalue weighted by Crippen LogP contribution is 2.22. The molecule has 2 rings (SSSR count). The molecule has 0 saturated carbocycles. The molecule has 0 fully saturated rings. The van der Waals surface area contributed by atoms with Crippen LogP contribution in [-0.2, 0) is 0 Å².